The van der Waals surface area contributed by atoms with Crippen molar-refractivity contribution < 1.29 is 19.0 Å². The molecule has 0 bridgehead atoms. The van der Waals surface area contributed by atoms with Crippen LogP contribution in [0.2, 0.25) is 0 Å². The zero-order valence-corrected chi connectivity index (χ0v) is 9.66. The van der Waals surface area contributed by atoms with Crippen LogP contribution in [-0.2, 0) is 6.42 Å². The van der Waals surface area contributed by atoms with Crippen LogP contribution in [0.5, 0.6) is 0 Å². The summed E-state index contributed by atoms with van der Waals surface area (Å²) in [5, 5.41) is 21.3. The predicted molar refractivity (Wildman–Crippen MR) is 60.6 cm³/mol. The third kappa shape index (κ3) is 4.77. The molecule has 0 aliphatic rings. The quantitative estimate of drug-likeness (QED) is 0.696. The first-order valence-electron chi connectivity index (χ1n) is 5.50. The Morgan fingerprint density at radius 1 is 1.24 bits per heavy atom. The summed E-state index contributed by atoms with van der Waals surface area (Å²) < 4.78 is 25.8. The van der Waals surface area contributed by atoms with Crippen LogP contribution < -0.4 is 5.32 Å². The van der Waals surface area contributed by atoms with E-state index in [1.165, 1.54) is 12.1 Å². The molecule has 0 radical (unpaired) electrons. The van der Waals surface area contributed by atoms with E-state index in [0.29, 0.717) is 12.1 Å². The molecule has 17 heavy (non-hydrogen) atoms. The largest absolute Gasteiger partial charge is 0.395 e. The Kier molecular flexibility index (Phi) is 5.47. The molecule has 0 saturated carbocycles. The van der Waals surface area contributed by atoms with E-state index >= 15 is 0 Å². The molecule has 0 amide bonds. The van der Waals surface area contributed by atoms with Crippen molar-refractivity contribution in [3.8, 4) is 0 Å². The van der Waals surface area contributed by atoms with E-state index in [9.17, 15) is 13.9 Å². The maximum Gasteiger partial charge on any atom is 0.126 e. The Morgan fingerprint density at radius 2 is 1.82 bits per heavy atom. The minimum atomic E-state index is -0.761. The Hall–Kier alpha value is -1.04. The highest BCUT2D eigenvalue weighted by molar-refractivity contribution is 5.18. The second kappa shape index (κ2) is 6.64. The van der Waals surface area contributed by atoms with Crippen LogP contribution in [0.1, 0.15) is 12.5 Å². The maximum absolute atomic E-state index is 12.9. The maximum atomic E-state index is 12.9. The number of aliphatic hydroxyl groups excluding tert-OH is 2. The van der Waals surface area contributed by atoms with Crippen molar-refractivity contribution in [2.45, 2.75) is 25.5 Å². The van der Waals surface area contributed by atoms with E-state index < -0.39 is 17.7 Å². The molecule has 2 unspecified atom stereocenters. The molecule has 3 nitrogen and oxygen atoms in total. The van der Waals surface area contributed by atoms with Crippen LogP contribution in [0.15, 0.2) is 18.2 Å². The van der Waals surface area contributed by atoms with Crippen LogP contribution in [0.3, 0.4) is 0 Å². The number of hydrogen-bond donors (Lipinski definition) is 3. The third-order valence-corrected chi connectivity index (χ3v) is 2.52. The molecule has 96 valence electrons. The van der Waals surface area contributed by atoms with Crippen molar-refractivity contribution in [1.82, 2.24) is 5.32 Å². The first-order chi connectivity index (χ1) is 8.02. The fourth-order valence-electron chi connectivity index (χ4n) is 1.58. The first-order valence-corrected chi connectivity index (χ1v) is 5.50. The van der Waals surface area contributed by atoms with Gasteiger partial charge in [0.25, 0.3) is 0 Å². The normalized spacial score (nSPS) is 14.6. The van der Waals surface area contributed by atoms with E-state index in [-0.39, 0.29) is 19.1 Å². The Bertz CT molecular complexity index is 340. The van der Waals surface area contributed by atoms with Gasteiger partial charge in [-0.3, -0.25) is 0 Å². The van der Waals surface area contributed by atoms with Crippen LogP contribution in [0.4, 0.5) is 8.78 Å². The van der Waals surface area contributed by atoms with Crippen LogP contribution in [-0.4, -0.2) is 35.5 Å². The van der Waals surface area contributed by atoms with E-state index in [4.69, 9.17) is 5.11 Å². The highest BCUT2D eigenvalue weighted by atomic mass is 19.1. The molecule has 0 saturated heterocycles. The van der Waals surface area contributed by atoms with E-state index in [2.05, 4.69) is 5.32 Å². The molecule has 0 aromatic heterocycles. The van der Waals surface area contributed by atoms with Crippen LogP contribution in [0, 0.1) is 11.6 Å². The average Bonchev–Trinajstić information content (AvgIpc) is 2.24. The number of nitrogens with one attached hydrogen (secondary N) is 1. The SMILES string of the molecule is CC(NCCO)C(O)Cc1cc(F)cc(F)c1. The Labute approximate surface area is 99.1 Å². The van der Waals surface area contributed by atoms with E-state index in [1.807, 2.05) is 0 Å². The van der Waals surface area contributed by atoms with Crippen molar-refractivity contribution in [3.63, 3.8) is 0 Å². The molecule has 0 spiro atoms. The van der Waals surface area contributed by atoms with Gasteiger partial charge in [-0.25, -0.2) is 8.78 Å². The summed E-state index contributed by atoms with van der Waals surface area (Å²) in [5.74, 6) is -1.30. The molecule has 0 aliphatic heterocycles. The highest BCUT2D eigenvalue weighted by Gasteiger charge is 2.14. The second-order valence-electron chi connectivity index (χ2n) is 4.02. The third-order valence-electron chi connectivity index (χ3n) is 2.52. The smallest absolute Gasteiger partial charge is 0.126 e. The van der Waals surface area contributed by atoms with Gasteiger partial charge >= 0.3 is 0 Å². The molecule has 3 N–H and O–H groups in total. The lowest BCUT2D eigenvalue weighted by atomic mass is 10.0. The molecular formula is C12H17F2NO2. The number of hydrogen-bond acceptors (Lipinski definition) is 3. The standard InChI is InChI=1S/C12H17F2NO2/c1-8(15-2-3-16)12(17)6-9-4-10(13)7-11(14)5-9/h4-5,7-8,12,15-17H,2-3,6H2,1H3. The lowest BCUT2D eigenvalue weighted by molar-refractivity contribution is 0.131. The summed E-state index contributed by atoms with van der Waals surface area (Å²) in [6.07, 6.45) is -0.600. The molecule has 2 atom stereocenters. The summed E-state index contributed by atoms with van der Waals surface area (Å²) in [7, 11) is 0. The van der Waals surface area contributed by atoms with Crippen LogP contribution >= 0.6 is 0 Å². The van der Waals surface area contributed by atoms with Gasteiger partial charge in [0.05, 0.1) is 12.7 Å². The minimum absolute atomic E-state index is 0.0222. The van der Waals surface area contributed by atoms with Gasteiger partial charge < -0.3 is 15.5 Å². The molecule has 0 aliphatic carbocycles. The Morgan fingerprint density at radius 3 is 2.35 bits per heavy atom. The van der Waals surface area contributed by atoms with Crippen molar-refractivity contribution in [1.29, 1.82) is 0 Å². The van der Waals surface area contributed by atoms with Gasteiger partial charge in [-0.05, 0) is 24.6 Å². The van der Waals surface area contributed by atoms with Crippen molar-refractivity contribution >= 4 is 0 Å². The number of rotatable bonds is 6. The van der Waals surface area contributed by atoms with Gasteiger partial charge in [0.2, 0.25) is 0 Å². The van der Waals surface area contributed by atoms with Crippen molar-refractivity contribution in [3.05, 3.63) is 35.4 Å². The average molecular weight is 245 g/mol. The van der Waals surface area contributed by atoms with Gasteiger partial charge in [0, 0.05) is 25.1 Å². The van der Waals surface area contributed by atoms with Gasteiger partial charge in [-0.2, -0.15) is 0 Å². The second-order valence-corrected chi connectivity index (χ2v) is 4.02. The lowest BCUT2D eigenvalue weighted by Crippen LogP contribution is -2.39. The zero-order chi connectivity index (χ0) is 12.8. The predicted octanol–water partition coefficient (Wildman–Crippen LogP) is 0.839. The number of benzene rings is 1. The summed E-state index contributed by atoms with van der Waals surface area (Å²) in [6.45, 7) is 2.09. The fourth-order valence-corrected chi connectivity index (χ4v) is 1.58. The van der Waals surface area contributed by atoms with E-state index in [1.54, 1.807) is 6.92 Å². The van der Waals surface area contributed by atoms with Gasteiger partial charge in [0.1, 0.15) is 11.6 Å². The van der Waals surface area contributed by atoms with E-state index in [0.717, 1.165) is 6.07 Å². The van der Waals surface area contributed by atoms with Gasteiger partial charge in [0.15, 0.2) is 0 Å². The fraction of sp³-hybridized carbons (Fsp3) is 0.500. The van der Waals surface area contributed by atoms with Crippen molar-refractivity contribution in [2.75, 3.05) is 13.2 Å². The van der Waals surface area contributed by atoms with Gasteiger partial charge in [-0.1, -0.05) is 0 Å². The molecule has 5 heteroatoms. The topological polar surface area (TPSA) is 52.5 Å². The highest BCUT2D eigenvalue weighted by Crippen LogP contribution is 2.11. The molecular weight excluding hydrogens is 228 g/mol. The van der Waals surface area contributed by atoms with Crippen LogP contribution in [0.25, 0.3) is 0 Å². The molecule has 0 fully saturated rings. The summed E-state index contributed by atoms with van der Waals surface area (Å²) >= 11 is 0. The summed E-state index contributed by atoms with van der Waals surface area (Å²) in [4.78, 5) is 0. The summed E-state index contributed by atoms with van der Waals surface area (Å²) in [6, 6.07) is 2.94. The molecule has 1 aromatic rings. The lowest BCUT2D eigenvalue weighted by Gasteiger charge is -2.20. The zero-order valence-electron chi connectivity index (χ0n) is 9.66. The monoisotopic (exact) mass is 245 g/mol. The van der Waals surface area contributed by atoms with Gasteiger partial charge in [-0.15, -0.1) is 0 Å². The summed E-state index contributed by atoms with van der Waals surface area (Å²) in [5.41, 5.74) is 0.410. The number of aliphatic hydroxyl groups is 2. The minimum Gasteiger partial charge on any atom is -0.395 e. The Balaban J connectivity index is 2.57. The molecule has 0 heterocycles. The number of halogens is 2. The molecule has 1 rings (SSSR count). The first kappa shape index (κ1) is 14.0. The molecule has 1 aromatic carbocycles. The van der Waals surface area contributed by atoms with Crippen molar-refractivity contribution in [2.24, 2.45) is 0 Å².